The predicted octanol–water partition coefficient (Wildman–Crippen LogP) is 3.01. The highest BCUT2D eigenvalue weighted by atomic mass is 35.5. The topological polar surface area (TPSA) is 90.0 Å². The Morgan fingerprint density at radius 2 is 1.94 bits per heavy atom. The van der Waals surface area contributed by atoms with Crippen LogP contribution in [-0.2, 0) is 19.6 Å². The van der Waals surface area contributed by atoms with E-state index in [-0.39, 0.29) is 24.4 Å². The van der Waals surface area contributed by atoms with Gasteiger partial charge < -0.3 is 14.7 Å². The highest BCUT2D eigenvalue weighted by Gasteiger charge is 2.36. The Kier molecular flexibility index (Phi) is 8.91. The zero-order valence-electron chi connectivity index (χ0n) is 20.2. The molecule has 1 unspecified atom stereocenters. The van der Waals surface area contributed by atoms with Crippen molar-refractivity contribution < 1.29 is 18.0 Å². The van der Waals surface area contributed by atoms with Gasteiger partial charge in [-0.25, -0.2) is 8.42 Å². The molecule has 3 aliphatic rings. The molecule has 0 saturated carbocycles. The van der Waals surface area contributed by atoms with Gasteiger partial charge in [0.15, 0.2) is 0 Å². The van der Waals surface area contributed by atoms with Gasteiger partial charge in [0.2, 0.25) is 21.8 Å². The summed E-state index contributed by atoms with van der Waals surface area (Å²) in [6.07, 6.45) is 6.98. The number of rotatable bonds is 8. The Hall–Kier alpha value is -1.46. The second kappa shape index (κ2) is 11.7. The summed E-state index contributed by atoms with van der Waals surface area (Å²) in [7, 11) is -3.82. The number of thiophene rings is 1. The van der Waals surface area contributed by atoms with Gasteiger partial charge in [0.05, 0.1) is 10.9 Å². The van der Waals surface area contributed by atoms with Crippen molar-refractivity contribution in [3.05, 3.63) is 26.8 Å². The monoisotopic (exact) mass is 542 g/mol. The molecule has 0 spiro atoms. The van der Waals surface area contributed by atoms with Gasteiger partial charge in [-0.3, -0.25) is 9.59 Å². The maximum Gasteiger partial charge on any atom is 0.242 e. The summed E-state index contributed by atoms with van der Waals surface area (Å²) in [4.78, 5) is 32.9. The van der Waals surface area contributed by atoms with Crippen LogP contribution in [0.2, 0.25) is 4.34 Å². The van der Waals surface area contributed by atoms with Crippen LogP contribution >= 0.6 is 22.9 Å². The number of likely N-dealkylation sites (tertiary alicyclic amines) is 3. The van der Waals surface area contributed by atoms with E-state index in [2.05, 4.69) is 16.5 Å². The average Bonchev–Trinajstić information content (AvgIpc) is 3.44. The van der Waals surface area contributed by atoms with E-state index < -0.39 is 16.1 Å². The molecule has 8 nitrogen and oxygen atoms in total. The van der Waals surface area contributed by atoms with Crippen molar-refractivity contribution in [2.24, 2.45) is 5.92 Å². The fourth-order valence-corrected chi connectivity index (χ4v) is 7.45. The van der Waals surface area contributed by atoms with Gasteiger partial charge in [-0.2, -0.15) is 4.72 Å². The lowest BCUT2D eigenvalue weighted by Crippen LogP contribution is -2.55. The molecule has 2 amide bonds. The smallest absolute Gasteiger partial charge is 0.242 e. The number of sulfonamides is 1. The van der Waals surface area contributed by atoms with E-state index >= 15 is 0 Å². The molecule has 1 aromatic heterocycles. The highest BCUT2D eigenvalue weighted by Crippen LogP contribution is 2.24. The molecule has 0 bridgehead atoms. The standard InChI is InChI=1S/C24H35ClN4O4S2/c1-18-5-2-11-27(15-18)16-19-6-3-13-29(19)23(30)17-28-12-4-7-21(24(28)31)26-35(32,33)14-10-20-8-9-22(25)34-20/h8-10,14,18-19,21,26H,2-7,11-13,15-17H2,1H3/b14-10+/t18?,19-,21-/m0/s1. The summed E-state index contributed by atoms with van der Waals surface area (Å²) < 4.78 is 28.2. The molecule has 194 valence electrons. The van der Waals surface area contributed by atoms with Crippen LogP contribution in [0.3, 0.4) is 0 Å². The molecular formula is C24H35ClN4O4S2. The summed E-state index contributed by atoms with van der Waals surface area (Å²) in [5.41, 5.74) is 0. The van der Waals surface area contributed by atoms with Gasteiger partial charge >= 0.3 is 0 Å². The van der Waals surface area contributed by atoms with Gasteiger partial charge in [0, 0.05) is 42.5 Å². The van der Waals surface area contributed by atoms with Crippen molar-refractivity contribution >= 4 is 50.9 Å². The van der Waals surface area contributed by atoms with E-state index in [0.717, 1.165) is 44.4 Å². The van der Waals surface area contributed by atoms with Crippen LogP contribution in [-0.4, -0.2) is 86.3 Å². The van der Waals surface area contributed by atoms with Crippen molar-refractivity contribution in [3.63, 3.8) is 0 Å². The van der Waals surface area contributed by atoms with Crippen LogP contribution in [0.15, 0.2) is 17.5 Å². The van der Waals surface area contributed by atoms with Gasteiger partial charge in [-0.15, -0.1) is 11.3 Å². The fourth-order valence-electron chi connectivity index (χ4n) is 5.38. The first kappa shape index (κ1) is 26.6. The average molecular weight is 543 g/mol. The molecule has 3 aliphatic heterocycles. The zero-order chi connectivity index (χ0) is 25.0. The number of nitrogens with zero attached hydrogens (tertiary/aromatic N) is 3. The molecule has 1 aromatic rings. The third-order valence-electron chi connectivity index (χ3n) is 7.08. The maximum absolute atomic E-state index is 13.2. The molecule has 0 aliphatic carbocycles. The molecule has 3 fully saturated rings. The number of hydrogen-bond acceptors (Lipinski definition) is 6. The lowest BCUT2D eigenvalue weighted by molar-refractivity contribution is -0.143. The van der Waals surface area contributed by atoms with Gasteiger partial charge in [0.25, 0.3) is 0 Å². The molecular weight excluding hydrogens is 508 g/mol. The second-order valence-electron chi connectivity index (χ2n) is 9.95. The summed E-state index contributed by atoms with van der Waals surface area (Å²) in [6.45, 7) is 6.55. The zero-order valence-corrected chi connectivity index (χ0v) is 22.6. The molecule has 0 radical (unpaired) electrons. The van der Waals surface area contributed by atoms with Gasteiger partial charge in [-0.1, -0.05) is 18.5 Å². The van der Waals surface area contributed by atoms with E-state index in [4.69, 9.17) is 11.6 Å². The molecule has 3 saturated heterocycles. The SMILES string of the molecule is CC1CCCN(C[C@@H]2CCCN2C(=O)CN2CCC[C@H](NS(=O)(=O)/C=C/c3ccc(Cl)s3)C2=O)C1. The third kappa shape index (κ3) is 7.29. The van der Waals surface area contributed by atoms with Crippen molar-refractivity contribution in [1.82, 2.24) is 19.4 Å². The third-order valence-corrected chi connectivity index (χ3v) is 9.38. The lowest BCUT2D eigenvalue weighted by Gasteiger charge is -2.37. The largest absolute Gasteiger partial charge is 0.337 e. The number of amides is 2. The van der Waals surface area contributed by atoms with E-state index in [1.807, 2.05) is 4.90 Å². The first-order valence-electron chi connectivity index (χ1n) is 12.5. The summed E-state index contributed by atoms with van der Waals surface area (Å²) in [6, 6.07) is 2.76. The molecule has 35 heavy (non-hydrogen) atoms. The quantitative estimate of drug-likeness (QED) is 0.545. The number of carbonyl (C=O) groups is 2. The van der Waals surface area contributed by atoms with Crippen LogP contribution in [0.5, 0.6) is 0 Å². The van der Waals surface area contributed by atoms with Crippen molar-refractivity contribution in [2.45, 2.75) is 57.5 Å². The van der Waals surface area contributed by atoms with Crippen LogP contribution in [0.4, 0.5) is 0 Å². The van der Waals surface area contributed by atoms with Gasteiger partial charge in [0.1, 0.15) is 6.04 Å². The molecule has 3 atom stereocenters. The van der Waals surface area contributed by atoms with Crippen molar-refractivity contribution in [1.29, 1.82) is 0 Å². The van der Waals surface area contributed by atoms with Crippen LogP contribution in [0.1, 0.15) is 50.3 Å². The summed E-state index contributed by atoms with van der Waals surface area (Å²) in [5.74, 6) is 0.323. The Balaban J connectivity index is 1.32. The number of piperidine rings is 2. The number of halogens is 1. The fraction of sp³-hybridized carbons (Fsp3) is 0.667. The van der Waals surface area contributed by atoms with Crippen LogP contribution in [0.25, 0.3) is 6.08 Å². The van der Waals surface area contributed by atoms with Crippen LogP contribution < -0.4 is 4.72 Å². The molecule has 0 aromatic carbocycles. The predicted molar refractivity (Wildman–Crippen MR) is 140 cm³/mol. The minimum Gasteiger partial charge on any atom is -0.337 e. The van der Waals surface area contributed by atoms with Crippen molar-refractivity contribution in [2.75, 3.05) is 39.3 Å². The van der Waals surface area contributed by atoms with E-state index in [0.29, 0.717) is 34.5 Å². The molecule has 11 heteroatoms. The highest BCUT2D eigenvalue weighted by molar-refractivity contribution is 7.92. The minimum absolute atomic E-state index is 0.00744. The number of carbonyl (C=O) groups excluding carboxylic acids is 2. The normalized spacial score (nSPS) is 26.7. The number of hydrogen-bond donors (Lipinski definition) is 1. The maximum atomic E-state index is 13.2. The Bertz CT molecular complexity index is 1040. The minimum atomic E-state index is -3.82. The van der Waals surface area contributed by atoms with Gasteiger partial charge in [-0.05, 0) is 69.2 Å². The Morgan fingerprint density at radius 3 is 2.69 bits per heavy atom. The second-order valence-corrected chi connectivity index (χ2v) is 13.3. The van der Waals surface area contributed by atoms with E-state index in [9.17, 15) is 18.0 Å². The van der Waals surface area contributed by atoms with E-state index in [1.54, 1.807) is 12.1 Å². The first-order chi connectivity index (χ1) is 16.7. The number of nitrogens with one attached hydrogen (secondary N) is 1. The molecule has 1 N–H and O–H groups in total. The molecule has 4 heterocycles. The Labute approximate surface area is 217 Å². The van der Waals surface area contributed by atoms with E-state index in [1.165, 1.54) is 35.2 Å². The Morgan fingerprint density at radius 1 is 1.17 bits per heavy atom. The van der Waals surface area contributed by atoms with Crippen LogP contribution in [0, 0.1) is 5.92 Å². The summed E-state index contributed by atoms with van der Waals surface area (Å²) >= 11 is 7.16. The summed E-state index contributed by atoms with van der Waals surface area (Å²) in [5, 5.41) is 1.06. The molecule has 4 rings (SSSR count). The first-order valence-corrected chi connectivity index (χ1v) is 15.2. The lowest BCUT2D eigenvalue weighted by atomic mass is 9.99. The van der Waals surface area contributed by atoms with Crippen molar-refractivity contribution in [3.8, 4) is 0 Å².